The van der Waals surface area contributed by atoms with Gasteiger partial charge in [0, 0.05) is 5.56 Å². The van der Waals surface area contributed by atoms with E-state index in [4.69, 9.17) is 18.9 Å². The van der Waals surface area contributed by atoms with Gasteiger partial charge in [-0.05, 0) is 36.4 Å². The number of ketones is 1. The third kappa shape index (κ3) is 3.84. The number of hydrogen-bond acceptors (Lipinski definition) is 7. The summed E-state index contributed by atoms with van der Waals surface area (Å²) in [6.45, 7) is 0.876. The maximum absolute atomic E-state index is 12.5. The summed E-state index contributed by atoms with van der Waals surface area (Å²) >= 11 is 0. The minimum absolute atomic E-state index is 0.195. The number of fused-ring (bicyclic) bond motifs is 1. The van der Waals surface area contributed by atoms with Crippen LogP contribution in [0.4, 0.5) is 5.69 Å². The minimum Gasteiger partial charge on any atom is -0.493 e. The predicted molar refractivity (Wildman–Crippen MR) is 97.0 cm³/mol. The van der Waals surface area contributed by atoms with Crippen LogP contribution in [-0.4, -0.2) is 38.1 Å². The van der Waals surface area contributed by atoms with Crippen molar-refractivity contribution >= 4 is 17.5 Å². The number of methoxy groups -OCH3 is 2. The molecule has 0 unspecified atom stereocenters. The highest BCUT2D eigenvalue weighted by atomic mass is 16.6. The Balaban J connectivity index is 1.90. The fourth-order valence-corrected chi connectivity index (χ4v) is 2.63. The molecule has 1 aliphatic heterocycles. The molecular weight excluding hydrogens is 354 g/mol. The molecule has 0 spiro atoms. The van der Waals surface area contributed by atoms with Crippen LogP contribution in [0.15, 0.2) is 36.4 Å². The van der Waals surface area contributed by atoms with Gasteiger partial charge in [-0.25, -0.2) is 0 Å². The van der Waals surface area contributed by atoms with Crippen LogP contribution < -0.4 is 18.9 Å². The molecule has 2 aromatic carbocycles. The first-order valence-corrected chi connectivity index (χ1v) is 8.06. The Morgan fingerprint density at radius 3 is 2.41 bits per heavy atom. The molecule has 0 fully saturated rings. The number of hydrogen-bond donors (Lipinski definition) is 0. The van der Waals surface area contributed by atoms with Gasteiger partial charge in [0.25, 0.3) is 5.69 Å². The highest BCUT2D eigenvalue weighted by molar-refractivity contribution is 6.07. The average Bonchev–Trinajstić information content (AvgIpc) is 2.70. The number of carbonyl (C=O) groups is 1. The van der Waals surface area contributed by atoms with Crippen LogP contribution in [-0.2, 0) is 0 Å². The first-order chi connectivity index (χ1) is 13.0. The molecule has 8 nitrogen and oxygen atoms in total. The Labute approximate surface area is 155 Å². The normalized spacial score (nSPS) is 12.7. The number of benzene rings is 2. The molecule has 0 amide bonds. The molecule has 1 heterocycles. The van der Waals surface area contributed by atoms with Crippen molar-refractivity contribution in [2.24, 2.45) is 0 Å². The molecule has 3 rings (SSSR count). The van der Waals surface area contributed by atoms with E-state index in [1.807, 2.05) is 0 Å². The van der Waals surface area contributed by atoms with Crippen molar-refractivity contribution < 1.29 is 28.7 Å². The fourth-order valence-electron chi connectivity index (χ4n) is 2.63. The van der Waals surface area contributed by atoms with Crippen molar-refractivity contribution in [2.75, 3.05) is 27.4 Å². The molecule has 0 bridgehead atoms. The Morgan fingerprint density at radius 2 is 1.74 bits per heavy atom. The molecule has 2 aromatic rings. The standard InChI is InChI=1S/C19H17NO7/c1-24-17-9-12(14(20(22)23)11-18(17)25-2)3-5-15(21)13-4-6-16-19(10-13)27-8-7-26-16/h3-6,9-11H,7-8H2,1-2H3. The molecule has 0 aromatic heterocycles. The summed E-state index contributed by atoms with van der Waals surface area (Å²) in [4.78, 5) is 23.2. The van der Waals surface area contributed by atoms with Gasteiger partial charge in [-0.3, -0.25) is 14.9 Å². The summed E-state index contributed by atoms with van der Waals surface area (Å²) in [7, 11) is 2.82. The van der Waals surface area contributed by atoms with Gasteiger partial charge < -0.3 is 18.9 Å². The zero-order chi connectivity index (χ0) is 19.4. The van der Waals surface area contributed by atoms with Gasteiger partial charge in [-0.15, -0.1) is 0 Å². The largest absolute Gasteiger partial charge is 0.493 e. The van der Waals surface area contributed by atoms with Gasteiger partial charge in [-0.2, -0.15) is 0 Å². The van der Waals surface area contributed by atoms with E-state index in [0.29, 0.717) is 36.0 Å². The Bertz CT molecular complexity index is 921. The molecule has 1 aliphatic rings. The molecule has 0 radical (unpaired) electrons. The molecular formula is C19H17NO7. The van der Waals surface area contributed by atoms with E-state index in [2.05, 4.69) is 0 Å². The molecule has 0 N–H and O–H groups in total. The SMILES string of the molecule is COc1cc(C=CC(=O)c2ccc3c(c2)OCCO3)c([N+](=O)[O-])cc1OC. The highest BCUT2D eigenvalue weighted by Crippen LogP contribution is 2.35. The topological polar surface area (TPSA) is 97.1 Å². The quantitative estimate of drug-likeness (QED) is 0.333. The zero-order valence-corrected chi connectivity index (χ0v) is 14.8. The van der Waals surface area contributed by atoms with Crippen LogP contribution in [0.25, 0.3) is 6.08 Å². The summed E-state index contributed by atoms with van der Waals surface area (Å²) in [5.74, 6) is 1.32. The van der Waals surface area contributed by atoms with Crippen molar-refractivity contribution in [2.45, 2.75) is 0 Å². The molecule has 0 saturated heterocycles. The summed E-state index contributed by atoms with van der Waals surface area (Å²) < 4.78 is 21.1. The lowest BCUT2D eigenvalue weighted by molar-refractivity contribution is -0.385. The van der Waals surface area contributed by atoms with Gasteiger partial charge in [0.05, 0.1) is 30.8 Å². The third-order valence-electron chi connectivity index (χ3n) is 3.97. The van der Waals surface area contributed by atoms with E-state index >= 15 is 0 Å². The van der Waals surface area contributed by atoms with E-state index < -0.39 is 4.92 Å². The smallest absolute Gasteiger partial charge is 0.280 e. The first-order valence-electron chi connectivity index (χ1n) is 8.06. The summed E-state index contributed by atoms with van der Waals surface area (Å²) in [5, 5.41) is 11.3. The maximum Gasteiger partial charge on any atom is 0.280 e. The van der Waals surface area contributed by atoms with Crippen LogP contribution in [0, 0.1) is 10.1 Å². The third-order valence-corrected chi connectivity index (χ3v) is 3.97. The monoisotopic (exact) mass is 371 g/mol. The van der Waals surface area contributed by atoms with Gasteiger partial charge in [0.1, 0.15) is 13.2 Å². The Morgan fingerprint density at radius 1 is 1.07 bits per heavy atom. The lowest BCUT2D eigenvalue weighted by Gasteiger charge is -2.18. The number of rotatable bonds is 6. The second-order valence-corrected chi connectivity index (χ2v) is 5.58. The predicted octanol–water partition coefficient (Wildman–Crippen LogP) is 3.28. The van der Waals surface area contributed by atoms with E-state index in [1.165, 1.54) is 38.5 Å². The van der Waals surface area contributed by atoms with Gasteiger partial charge in [0.2, 0.25) is 0 Å². The Hall–Kier alpha value is -3.55. The number of ether oxygens (including phenoxy) is 4. The average molecular weight is 371 g/mol. The van der Waals surface area contributed by atoms with E-state index in [9.17, 15) is 14.9 Å². The van der Waals surface area contributed by atoms with Gasteiger partial charge in [-0.1, -0.05) is 0 Å². The van der Waals surface area contributed by atoms with Crippen molar-refractivity contribution in [3.63, 3.8) is 0 Å². The van der Waals surface area contributed by atoms with Gasteiger partial charge >= 0.3 is 0 Å². The Kier molecular flexibility index (Phi) is 5.25. The molecule has 0 aliphatic carbocycles. The number of allylic oxidation sites excluding steroid dienone is 1. The molecule has 140 valence electrons. The van der Waals surface area contributed by atoms with Crippen LogP contribution in [0.3, 0.4) is 0 Å². The van der Waals surface area contributed by atoms with Crippen molar-refractivity contribution in [1.82, 2.24) is 0 Å². The number of nitro groups is 1. The van der Waals surface area contributed by atoms with Crippen molar-refractivity contribution in [3.8, 4) is 23.0 Å². The first kappa shape index (κ1) is 18.2. The van der Waals surface area contributed by atoms with E-state index in [1.54, 1.807) is 18.2 Å². The second kappa shape index (κ2) is 7.77. The zero-order valence-electron chi connectivity index (χ0n) is 14.8. The van der Waals surface area contributed by atoms with Crippen LogP contribution in [0.2, 0.25) is 0 Å². The van der Waals surface area contributed by atoms with Crippen LogP contribution in [0.1, 0.15) is 15.9 Å². The maximum atomic E-state index is 12.5. The molecule has 8 heteroatoms. The second-order valence-electron chi connectivity index (χ2n) is 5.58. The lowest BCUT2D eigenvalue weighted by atomic mass is 10.1. The van der Waals surface area contributed by atoms with Crippen LogP contribution in [0.5, 0.6) is 23.0 Å². The van der Waals surface area contributed by atoms with Crippen molar-refractivity contribution in [1.29, 1.82) is 0 Å². The summed E-state index contributed by atoms with van der Waals surface area (Å²) in [6, 6.07) is 7.57. The minimum atomic E-state index is -0.545. The van der Waals surface area contributed by atoms with E-state index in [0.717, 1.165) is 0 Å². The number of carbonyl (C=O) groups excluding carboxylic acids is 1. The number of nitro benzene ring substituents is 1. The van der Waals surface area contributed by atoms with Gasteiger partial charge in [0.15, 0.2) is 28.8 Å². The van der Waals surface area contributed by atoms with Crippen molar-refractivity contribution in [3.05, 3.63) is 57.6 Å². The molecule has 0 atom stereocenters. The fraction of sp³-hybridized carbons (Fsp3) is 0.211. The summed E-state index contributed by atoms with van der Waals surface area (Å²) in [6.07, 6.45) is 2.64. The van der Waals surface area contributed by atoms with E-state index in [-0.39, 0.29) is 22.8 Å². The summed E-state index contributed by atoms with van der Waals surface area (Å²) in [5.41, 5.74) is 0.418. The lowest BCUT2D eigenvalue weighted by Crippen LogP contribution is -2.15. The highest BCUT2D eigenvalue weighted by Gasteiger charge is 2.18. The molecule has 27 heavy (non-hydrogen) atoms. The number of nitrogens with zero attached hydrogens (tertiary/aromatic N) is 1. The molecule has 0 saturated carbocycles. The van der Waals surface area contributed by atoms with Crippen LogP contribution >= 0.6 is 0 Å².